The summed E-state index contributed by atoms with van der Waals surface area (Å²) in [7, 11) is 0. The van der Waals surface area contributed by atoms with Crippen molar-refractivity contribution in [3.63, 3.8) is 0 Å². The summed E-state index contributed by atoms with van der Waals surface area (Å²) in [6, 6.07) is 7.73. The minimum absolute atomic E-state index is 0.249. The predicted molar refractivity (Wildman–Crippen MR) is 61.3 cm³/mol. The molecule has 2 unspecified atom stereocenters. The van der Waals surface area contributed by atoms with E-state index in [-0.39, 0.29) is 6.10 Å². The fourth-order valence-corrected chi connectivity index (χ4v) is 3.24. The Balaban J connectivity index is 1.95. The Kier molecular flexibility index (Phi) is 2.44. The van der Waals surface area contributed by atoms with Crippen LogP contribution in [0.25, 0.3) is 0 Å². The summed E-state index contributed by atoms with van der Waals surface area (Å²) in [6.45, 7) is 0.704. The Morgan fingerprint density at radius 3 is 2.93 bits per heavy atom. The van der Waals surface area contributed by atoms with Crippen LogP contribution in [0.15, 0.2) is 24.3 Å². The van der Waals surface area contributed by atoms with E-state index < -0.39 is 5.79 Å². The number of ether oxygens (including phenoxy) is 2. The van der Waals surface area contributed by atoms with Crippen LogP contribution < -0.4 is 0 Å². The van der Waals surface area contributed by atoms with Gasteiger partial charge in [0.1, 0.15) is 0 Å². The summed E-state index contributed by atoms with van der Waals surface area (Å²) in [5.74, 6) is 1.39. The van der Waals surface area contributed by atoms with Crippen LogP contribution in [-0.4, -0.2) is 24.2 Å². The second kappa shape index (κ2) is 3.67. The lowest BCUT2D eigenvalue weighted by atomic mass is 10.1. The van der Waals surface area contributed by atoms with Gasteiger partial charge in [-0.15, -0.1) is 0 Å². The van der Waals surface area contributed by atoms with Crippen LogP contribution in [0.4, 0.5) is 0 Å². The summed E-state index contributed by atoms with van der Waals surface area (Å²) in [6.07, 6.45) is 0.249. The van der Waals surface area contributed by atoms with Gasteiger partial charge in [0, 0.05) is 16.3 Å². The summed E-state index contributed by atoms with van der Waals surface area (Å²) in [4.78, 5) is 0. The molecule has 4 heteroatoms. The van der Waals surface area contributed by atoms with Crippen molar-refractivity contribution in [3.8, 4) is 0 Å². The molecule has 0 saturated carbocycles. The lowest BCUT2D eigenvalue weighted by Gasteiger charge is -2.31. The largest absolute Gasteiger partial charge is 0.342 e. The third-order valence-electron chi connectivity index (χ3n) is 2.74. The van der Waals surface area contributed by atoms with Crippen molar-refractivity contribution in [1.29, 1.82) is 0 Å². The molecule has 1 aromatic rings. The van der Waals surface area contributed by atoms with Crippen LogP contribution in [0.3, 0.4) is 0 Å². The van der Waals surface area contributed by atoms with Crippen molar-refractivity contribution in [2.75, 3.05) is 18.1 Å². The molecule has 2 heterocycles. The first-order chi connectivity index (χ1) is 7.28. The van der Waals surface area contributed by atoms with E-state index >= 15 is 0 Å². The van der Waals surface area contributed by atoms with Crippen molar-refractivity contribution in [2.45, 2.75) is 11.9 Å². The summed E-state index contributed by atoms with van der Waals surface area (Å²) < 4.78 is 11.7. The fraction of sp³-hybridized carbons (Fsp3) is 0.455. The Hall–Kier alpha value is -0.220. The first kappa shape index (κ1) is 9.97. The molecule has 2 nitrogen and oxygen atoms in total. The Bertz CT molecular complexity index is 363. The minimum Gasteiger partial charge on any atom is -0.342 e. The van der Waals surface area contributed by atoms with Gasteiger partial charge >= 0.3 is 0 Å². The van der Waals surface area contributed by atoms with Crippen LogP contribution >= 0.6 is 23.4 Å². The molecule has 2 aliphatic heterocycles. The van der Waals surface area contributed by atoms with Crippen molar-refractivity contribution in [3.05, 3.63) is 34.9 Å². The van der Waals surface area contributed by atoms with Crippen LogP contribution in [0.2, 0.25) is 5.02 Å². The van der Waals surface area contributed by atoms with Crippen molar-refractivity contribution >= 4 is 23.4 Å². The van der Waals surface area contributed by atoms with E-state index in [1.54, 1.807) is 0 Å². The highest BCUT2D eigenvalue weighted by Gasteiger charge is 2.46. The number of thioether (sulfide) groups is 1. The highest BCUT2D eigenvalue weighted by atomic mass is 35.5. The molecule has 0 spiro atoms. The SMILES string of the molecule is Clc1ccc(C23CSCC(CO2)O3)cc1. The van der Waals surface area contributed by atoms with Crippen LogP contribution in [-0.2, 0) is 15.3 Å². The number of rotatable bonds is 1. The molecule has 0 amide bonds. The van der Waals surface area contributed by atoms with E-state index in [2.05, 4.69) is 0 Å². The zero-order chi connectivity index (χ0) is 10.3. The van der Waals surface area contributed by atoms with Crippen molar-refractivity contribution in [2.24, 2.45) is 0 Å². The van der Waals surface area contributed by atoms with Gasteiger partial charge in [0.25, 0.3) is 0 Å². The molecule has 2 atom stereocenters. The van der Waals surface area contributed by atoms with Crippen LogP contribution in [0, 0.1) is 0 Å². The molecule has 2 saturated heterocycles. The predicted octanol–water partition coefficient (Wildman–Crippen LogP) is 2.66. The van der Waals surface area contributed by atoms with Crippen LogP contribution in [0.5, 0.6) is 0 Å². The number of fused-ring (bicyclic) bond motifs is 2. The van der Waals surface area contributed by atoms with Gasteiger partial charge in [0.05, 0.1) is 18.5 Å². The molecule has 15 heavy (non-hydrogen) atoms. The zero-order valence-corrected chi connectivity index (χ0v) is 9.68. The van der Waals surface area contributed by atoms with Gasteiger partial charge in [-0.2, -0.15) is 11.8 Å². The average molecular weight is 243 g/mol. The fourth-order valence-electron chi connectivity index (χ4n) is 1.99. The van der Waals surface area contributed by atoms with Gasteiger partial charge in [-0.25, -0.2) is 0 Å². The van der Waals surface area contributed by atoms with Gasteiger partial charge < -0.3 is 9.47 Å². The van der Waals surface area contributed by atoms with Gasteiger partial charge in [0.2, 0.25) is 5.79 Å². The third-order valence-corrected chi connectivity index (χ3v) is 4.18. The van der Waals surface area contributed by atoms with E-state index in [0.29, 0.717) is 6.61 Å². The van der Waals surface area contributed by atoms with Gasteiger partial charge in [-0.05, 0) is 12.1 Å². The highest BCUT2D eigenvalue weighted by molar-refractivity contribution is 7.99. The molecule has 0 N–H and O–H groups in total. The third kappa shape index (κ3) is 1.68. The smallest absolute Gasteiger partial charge is 0.204 e. The molecule has 2 fully saturated rings. The second-order valence-corrected chi connectivity index (χ2v) is 5.29. The Morgan fingerprint density at radius 1 is 1.33 bits per heavy atom. The molecule has 3 rings (SSSR count). The first-order valence-electron chi connectivity index (χ1n) is 4.94. The van der Waals surface area contributed by atoms with Gasteiger partial charge in [-0.3, -0.25) is 0 Å². The standard InChI is InChI=1S/C11H11ClO2S/c12-9-3-1-8(2-4-9)11-7-15-6-10(14-11)5-13-11/h1-4,10H,5-7H2. The quantitative estimate of drug-likeness (QED) is 0.755. The molecule has 0 aliphatic carbocycles. The van der Waals surface area contributed by atoms with Crippen molar-refractivity contribution in [1.82, 2.24) is 0 Å². The average Bonchev–Trinajstić information content (AvgIpc) is 2.56. The van der Waals surface area contributed by atoms with E-state index in [1.165, 1.54) is 0 Å². The molecule has 2 aliphatic rings. The second-order valence-electron chi connectivity index (χ2n) is 3.83. The topological polar surface area (TPSA) is 18.5 Å². The van der Waals surface area contributed by atoms with Crippen molar-refractivity contribution < 1.29 is 9.47 Å². The minimum atomic E-state index is -0.516. The number of hydrogen-bond donors (Lipinski definition) is 0. The Labute approximate surface area is 97.9 Å². The van der Waals surface area contributed by atoms with E-state index in [9.17, 15) is 0 Å². The highest BCUT2D eigenvalue weighted by Crippen LogP contribution is 2.42. The van der Waals surface area contributed by atoms with Gasteiger partial charge in [-0.1, -0.05) is 23.7 Å². The maximum Gasteiger partial charge on any atom is 0.204 e. The van der Waals surface area contributed by atoms with Gasteiger partial charge in [0.15, 0.2) is 0 Å². The van der Waals surface area contributed by atoms with E-state index in [0.717, 1.165) is 22.1 Å². The first-order valence-corrected chi connectivity index (χ1v) is 6.47. The lowest BCUT2D eigenvalue weighted by Crippen LogP contribution is -2.35. The number of halogens is 1. The molecular formula is C11H11ClO2S. The maximum absolute atomic E-state index is 5.92. The van der Waals surface area contributed by atoms with E-state index in [4.69, 9.17) is 21.1 Å². The number of benzene rings is 1. The zero-order valence-electron chi connectivity index (χ0n) is 8.11. The monoisotopic (exact) mass is 242 g/mol. The number of hydrogen-bond acceptors (Lipinski definition) is 3. The Morgan fingerprint density at radius 2 is 2.13 bits per heavy atom. The lowest BCUT2D eigenvalue weighted by molar-refractivity contribution is -0.158. The molecule has 80 valence electrons. The molecule has 0 radical (unpaired) electrons. The summed E-state index contributed by atoms with van der Waals surface area (Å²) in [5, 5.41) is 0.744. The normalized spacial score (nSPS) is 34.3. The van der Waals surface area contributed by atoms with Crippen LogP contribution in [0.1, 0.15) is 5.56 Å². The summed E-state index contributed by atoms with van der Waals surface area (Å²) >= 11 is 7.75. The maximum atomic E-state index is 5.92. The molecule has 2 bridgehead atoms. The molecule has 0 aromatic heterocycles. The molecular weight excluding hydrogens is 232 g/mol. The molecule has 1 aromatic carbocycles. The summed E-state index contributed by atoms with van der Waals surface area (Å²) in [5.41, 5.74) is 1.07. The van der Waals surface area contributed by atoms with E-state index in [1.807, 2.05) is 36.0 Å².